The number of aromatic nitrogens is 3. The van der Waals surface area contributed by atoms with E-state index in [4.69, 9.17) is 4.74 Å². The van der Waals surface area contributed by atoms with Crippen LogP contribution in [0, 0.1) is 11.3 Å². The number of nitrogens with one attached hydrogen (secondary N) is 1. The summed E-state index contributed by atoms with van der Waals surface area (Å²) in [6, 6.07) is 12.9. The van der Waals surface area contributed by atoms with Gasteiger partial charge in [0, 0.05) is 6.54 Å². The van der Waals surface area contributed by atoms with E-state index in [0.29, 0.717) is 31.5 Å². The first-order valence-corrected chi connectivity index (χ1v) is 11.8. The number of piperidine rings is 1. The van der Waals surface area contributed by atoms with E-state index in [-0.39, 0.29) is 24.7 Å². The Kier molecular flexibility index (Phi) is 7.54. The Morgan fingerprint density at radius 3 is 2.11 bits per heavy atom. The summed E-state index contributed by atoms with van der Waals surface area (Å²) in [5, 5.41) is 20.7. The zero-order chi connectivity index (χ0) is 27.6. The highest BCUT2D eigenvalue weighted by Gasteiger charge is 2.45. The van der Waals surface area contributed by atoms with Gasteiger partial charge < -0.3 is 14.6 Å². The van der Waals surface area contributed by atoms with Crippen LogP contribution in [0.25, 0.3) is 0 Å². The highest BCUT2D eigenvalue weighted by Crippen LogP contribution is 2.41. The minimum absolute atomic E-state index is 0.0272. The van der Waals surface area contributed by atoms with Crippen molar-refractivity contribution in [2.24, 2.45) is 0 Å². The van der Waals surface area contributed by atoms with Crippen LogP contribution in [0.15, 0.2) is 61.2 Å². The Labute approximate surface area is 215 Å². The van der Waals surface area contributed by atoms with Gasteiger partial charge in [0.2, 0.25) is 0 Å². The summed E-state index contributed by atoms with van der Waals surface area (Å²) in [5.74, 6) is 0. The van der Waals surface area contributed by atoms with E-state index in [1.54, 1.807) is 17.2 Å². The van der Waals surface area contributed by atoms with Crippen LogP contribution >= 0.6 is 0 Å². The van der Waals surface area contributed by atoms with Crippen LogP contribution < -0.4 is 5.32 Å². The molecule has 4 rings (SSSR count). The second-order valence-corrected chi connectivity index (χ2v) is 9.52. The number of alkyl halides is 6. The SMILES string of the molecule is C[C@@H](OC[C@@]1(c2ccccc2)CC[C@](CC#N)(n2cnnc2)CN1)c1cc(C(F)(F)F)cc(C(F)(F)F)c1. The van der Waals surface area contributed by atoms with Gasteiger partial charge >= 0.3 is 12.4 Å². The molecule has 1 aliphatic heterocycles. The van der Waals surface area contributed by atoms with E-state index >= 15 is 0 Å². The van der Waals surface area contributed by atoms with Gasteiger partial charge in [-0.25, -0.2) is 0 Å². The molecule has 3 aromatic rings. The van der Waals surface area contributed by atoms with Gasteiger partial charge in [-0.1, -0.05) is 30.3 Å². The van der Waals surface area contributed by atoms with Crippen molar-refractivity contribution >= 4 is 0 Å². The molecule has 202 valence electrons. The van der Waals surface area contributed by atoms with Gasteiger partial charge in [0.15, 0.2) is 0 Å². The van der Waals surface area contributed by atoms with Gasteiger partial charge in [-0.3, -0.25) is 0 Å². The fraction of sp³-hybridized carbons (Fsp3) is 0.423. The first kappa shape index (κ1) is 27.6. The van der Waals surface area contributed by atoms with Crippen LogP contribution in [0.4, 0.5) is 26.3 Å². The topological polar surface area (TPSA) is 75.8 Å². The largest absolute Gasteiger partial charge is 0.416 e. The summed E-state index contributed by atoms with van der Waals surface area (Å²) in [4.78, 5) is 0. The molecule has 1 fully saturated rings. The molecule has 2 aromatic carbocycles. The molecular formula is C26H25F6N5O. The molecule has 2 heterocycles. The molecule has 0 amide bonds. The molecular weight excluding hydrogens is 512 g/mol. The number of hydrogen-bond acceptors (Lipinski definition) is 5. The highest BCUT2D eigenvalue weighted by atomic mass is 19.4. The number of ether oxygens (including phenoxy) is 1. The second kappa shape index (κ2) is 10.4. The lowest BCUT2D eigenvalue weighted by molar-refractivity contribution is -0.143. The average Bonchev–Trinajstić information content (AvgIpc) is 3.44. The minimum Gasteiger partial charge on any atom is -0.372 e. The van der Waals surface area contributed by atoms with E-state index in [9.17, 15) is 31.6 Å². The van der Waals surface area contributed by atoms with Crippen molar-refractivity contribution in [2.45, 2.75) is 55.7 Å². The van der Waals surface area contributed by atoms with Crippen molar-refractivity contribution in [3.8, 4) is 6.07 Å². The summed E-state index contributed by atoms with van der Waals surface area (Å²) in [5.41, 5.74) is -3.57. The molecule has 0 saturated carbocycles. The first-order chi connectivity index (χ1) is 17.9. The Balaban J connectivity index is 1.61. The average molecular weight is 538 g/mol. The molecule has 1 aromatic heterocycles. The molecule has 0 bridgehead atoms. The van der Waals surface area contributed by atoms with Crippen molar-refractivity contribution in [1.29, 1.82) is 5.26 Å². The summed E-state index contributed by atoms with van der Waals surface area (Å²) in [6.07, 6.45) is -6.69. The predicted octanol–water partition coefficient (Wildman–Crippen LogP) is 5.98. The molecule has 38 heavy (non-hydrogen) atoms. The third kappa shape index (κ3) is 5.68. The highest BCUT2D eigenvalue weighted by molar-refractivity contribution is 5.35. The third-order valence-electron chi connectivity index (χ3n) is 7.13. The Bertz CT molecular complexity index is 1230. The molecule has 0 radical (unpaired) electrons. The van der Waals surface area contributed by atoms with Gasteiger partial charge in [-0.05, 0) is 49.1 Å². The van der Waals surface area contributed by atoms with Gasteiger partial charge in [0.1, 0.15) is 12.7 Å². The van der Waals surface area contributed by atoms with Gasteiger partial charge in [-0.2, -0.15) is 31.6 Å². The lowest BCUT2D eigenvalue weighted by Crippen LogP contribution is -2.58. The normalized spacial score (nSPS) is 23.1. The Morgan fingerprint density at radius 1 is 1.00 bits per heavy atom. The monoisotopic (exact) mass is 537 g/mol. The summed E-state index contributed by atoms with van der Waals surface area (Å²) in [6.45, 7) is 1.74. The van der Waals surface area contributed by atoms with E-state index in [1.807, 2.05) is 30.3 Å². The van der Waals surface area contributed by atoms with Crippen LogP contribution in [0.1, 0.15) is 54.5 Å². The minimum atomic E-state index is -4.95. The zero-order valence-corrected chi connectivity index (χ0v) is 20.4. The molecule has 0 aliphatic carbocycles. The lowest BCUT2D eigenvalue weighted by atomic mass is 9.75. The summed E-state index contributed by atoms with van der Waals surface area (Å²) < 4.78 is 87.9. The molecule has 0 unspecified atom stereocenters. The molecule has 6 nitrogen and oxygen atoms in total. The number of benzene rings is 2. The maximum Gasteiger partial charge on any atom is 0.416 e. The smallest absolute Gasteiger partial charge is 0.372 e. The Hall–Kier alpha value is -3.43. The molecule has 1 aliphatic rings. The summed E-state index contributed by atoms with van der Waals surface area (Å²) in [7, 11) is 0. The molecule has 12 heteroatoms. The van der Waals surface area contributed by atoms with Crippen LogP contribution in [0.2, 0.25) is 0 Å². The summed E-state index contributed by atoms with van der Waals surface area (Å²) >= 11 is 0. The number of nitrogens with zero attached hydrogens (tertiary/aromatic N) is 4. The van der Waals surface area contributed by atoms with Crippen LogP contribution in [0.5, 0.6) is 0 Å². The number of nitriles is 1. The van der Waals surface area contributed by atoms with Gasteiger partial charge in [0.05, 0.1) is 47.4 Å². The predicted molar refractivity (Wildman–Crippen MR) is 124 cm³/mol. The maximum absolute atomic E-state index is 13.4. The molecule has 1 saturated heterocycles. The van der Waals surface area contributed by atoms with Crippen molar-refractivity contribution in [2.75, 3.05) is 13.2 Å². The fourth-order valence-electron chi connectivity index (χ4n) is 4.80. The first-order valence-electron chi connectivity index (χ1n) is 11.8. The Morgan fingerprint density at radius 2 is 1.61 bits per heavy atom. The molecule has 0 spiro atoms. The van der Waals surface area contributed by atoms with Crippen LogP contribution in [-0.2, 0) is 28.2 Å². The van der Waals surface area contributed by atoms with Crippen molar-refractivity contribution in [3.63, 3.8) is 0 Å². The number of halogens is 6. The van der Waals surface area contributed by atoms with E-state index < -0.39 is 40.7 Å². The second-order valence-electron chi connectivity index (χ2n) is 9.52. The maximum atomic E-state index is 13.4. The van der Waals surface area contributed by atoms with Crippen molar-refractivity contribution in [3.05, 3.63) is 83.4 Å². The fourth-order valence-corrected chi connectivity index (χ4v) is 4.80. The van der Waals surface area contributed by atoms with E-state index in [0.717, 1.165) is 5.56 Å². The number of hydrogen-bond donors (Lipinski definition) is 1. The van der Waals surface area contributed by atoms with Crippen LogP contribution in [-0.4, -0.2) is 27.9 Å². The van der Waals surface area contributed by atoms with Crippen LogP contribution in [0.3, 0.4) is 0 Å². The van der Waals surface area contributed by atoms with Crippen molar-refractivity contribution in [1.82, 2.24) is 20.1 Å². The van der Waals surface area contributed by atoms with Crippen molar-refractivity contribution < 1.29 is 31.1 Å². The van der Waals surface area contributed by atoms with E-state index in [1.165, 1.54) is 6.92 Å². The standard InChI is InChI=1S/C26H25F6N5O/c1-18(19-11-21(25(27,28)29)13-22(12-19)26(30,31)32)38-15-24(20-5-3-2-4-6-20)8-7-23(9-10-33,14-34-24)37-16-35-36-17-37/h2-6,11-13,16-18,34H,7-9,14-15H2,1H3/t18-,23-,24-/m1/s1. The van der Waals surface area contributed by atoms with Gasteiger partial charge in [-0.15, -0.1) is 10.2 Å². The number of rotatable bonds is 7. The third-order valence-corrected chi connectivity index (χ3v) is 7.13. The zero-order valence-electron chi connectivity index (χ0n) is 20.4. The lowest BCUT2D eigenvalue weighted by Gasteiger charge is -2.47. The molecule has 1 N–H and O–H groups in total. The quantitative estimate of drug-likeness (QED) is 0.375. The van der Waals surface area contributed by atoms with Gasteiger partial charge in [0.25, 0.3) is 0 Å². The molecule has 3 atom stereocenters. The van der Waals surface area contributed by atoms with E-state index in [2.05, 4.69) is 21.6 Å².